The van der Waals surface area contributed by atoms with E-state index in [0.717, 1.165) is 11.1 Å². The van der Waals surface area contributed by atoms with E-state index in [1.165, 1.54) is 6.07 Å². The van der Waals surface area contributed by atoms with Crippen LogP contribution in [-0.2, 0) is 6.61 Å². The van der Waals surface area contributed by atoms with Crippen molar-refractivity contribution in [2.24, 2.45) is 5.73 Å². The highest BCUT2D eigenvalue weighted by Crippen LogP contribution is 2.26. The average Bonchev–Trinajstić information content (AvgIpc) is 2.46. The minimum Gasteiger partial charge on any atom is -0.488 e. The first-order chi connectivity index (χ1) is 10.0. The zero-order valence-corrected chi connectivity index (χ0v) is 12.1. The summed E-state index contributed by atoms with van der Waals surface area (Å²) in [6.45, 7) is 3.96. The van der Waals surface area contributed by atoms with Crippen LogP contribution < -0.4 is 10.5 Å². The minimum absolute atomic E-state index is 0.0975. The molecule has 108 valence electrons. The second-order valence-corrected chi connectivity index (χ2v) is 5.04. The molecule has 2 N–H and O–H groups in total. The summed E-state index contributed by atoms with van der Waals surface area (Å²) >= 11 is 0. The maximum absolute atomic E-state index is 13.8. The van der Waals surface area contributed by atoms with E-state index in [1.807, 2.05) is 38.1 Å². The predicted octanol–water partition coefficient (Wildman–Crippen LogP) is 3.60. The number of halogens is 1. The zero-order chi connectivity index (χ0) is 15.4. The number of benzene rings is 2. The number of rotatable bonds is 4. The molecule has 0 bridgehead atoms. The quantitative estimate of drug-likeness (QED) is 0.933. The maximum atomic E-state index is 13.8. The Morgan fingerprint density at radius 1 is 1.29 bits per heavy atom. The highest BCUT2D eigenvalue weighted by Gasteiger charge is 2.10. The van der Waals surface area contributed by atoms with Crippen molar-refractivity contribution in [1.29, 1.82) is 5.26 Å². The monoisotopic (exact) mass is 284 g/mol. The number of hydrogen-bond donors (Lipinski definition) is 1. The fourth-order valence-electron chi connectivity index (χ4n) is 2.04. The molecule has 2 rings (SSSR count). The molecule has 2 aromatic carbocycles. The van der Waals surface area contributed by atoms with Gasteiger partial charge in [0.15, 0.2) is 0 Å². The molecule has 0 saturated carbocycles. The van der Waals surface area contributed by atoms with Gasteiger partial charge in [-0.2, -0.15) is 5.26 Å². The summed E-state index contributed by atoms with van der Waals surface area (Å²) in [5.74, 6) is 0.211. The average molecular weight is 284 g/mol. The van der Waals surface area contributed by atoms with Crippen molar-refractivity contribution in [3.05, 3.63) is 64.5 Å². The minimum atomic E-state index is -0.441. The Morgan fingerprint density at radius 2 is 2.05 bits per heavy atom. The lowest BCUT2D eigenvalue weighted by molar-refractivity contribution is 0.295. The third-order valence-electron chi connectivity index (χ3n) is 3.22. The van der Waals surface area contributed by atoms with Crippen molar-refractivity contribution in [1.82, 2.24) is 0 Å². The molecule has 4 heteroatoms. The molecule has 1 atom stereocenters. The Balaban J connectivity index is 2.19. The molecule has 0 aliphatic rings. The van der Waals surface area contributed by atoms with Gasteiger partial charge in [-0.3, -0.25) is 0 Å². The molecule has 0 aliphatic carbocycles. The molecule has 0 aliphatic heterocycles. The normalized spacial score (nSPS) is 11.8. The van der Waals surface area contributed by atoms with Gasteiger partial charge in [0.05, 0.1) is 11.6 Å². The molecular formula is C17H17FN2O. The van der Waals surface area contributed by atoms with Gasteiger partial charge in [0.2, 0.25) is 0 Å². The van der Waals surface area contributed by atoms with Crippen LogP contribution in [0.4, 0.5) is 4.39 Å². The fourth-order valence-corrected chi connectivity index (χ4v) is 2.04. The SMILES string of the molecule is Cc1ccc(OCc2ccc(C#N)cc2F)c([C@H](C)N)c1. The fraction of sp³-hybridized carbons (Fsp3) is 0.235. The molecule has 0 unspecified atom stereocenters. The van der Waals surface area contributed by atoms with Crippen molar-refractivity contribution in [2.45, 2.75) is 26.5 Å². The van der Waals surface area contributed by atoms with Crippen LogP contribution in [0.3, 0.4) is 0 Å². The zero-order valence-electron chi connectivity index (χ0n) is 12.1. The van der Waals surface area contributed by atoms with Gasteiger partial charge in [-0.05, 0) is 32.0 Å². The van der Waals surface area contributed by atoms with Gasteiger partial charge in [-0.1, -0.05) is 23.8 Å². The molecule has 0 spiro atoms. The second-order valence-electron chi connectivity index (χ2n) is 5.04. The van der Waals surface area contributed by atoms with Gasteiger partial charge in [-0.15, -0.1) is 0 Å². The molecule has 0 amide bonds. The Bertz CT molecular complexity index is 690. The Morgan fingerprint density at radius 3 is 2.67 bits per heavy atom. The van der Waals surface area contributed by atoms with Crippen LogP contribution in [0.5, 0.6) is 5.75 Å². The van der Waals surface area contributed by atoms with E-state index in [4.69, 9.17) is 15.7 Å². The first-order valence-electron chi connectivity index (χ1n) is 6.68. The third kappa shape index (κ3) is 3.59. The summed E-state index contributed by atoms with van der Waals surface area (Å²) < 4.78 is 19.5. The Hall–Kier alpha value is -2.38. The van der Waals surface area contributed by atoms with Crippen molar-refractivity contribution < 1.29 is 9.13 Å². The van der Waals surface area contributed by atoms with Crippen molar-refractivity contribution in [2.75, 3.05) is 0 Å². The second kappa shape index (κ2) is 6.38. The Kier molecular flexibility index (Phi) is 4.56. The topological polar surface area (TPSA) is 59.0 Å². The van der Waals surface area contributed by atoms with E-state index in [2.05, 4.69) is 0 Å². The van der Waals surface area contributed by atoms with Crippen LogP contribution in [0, 0.1) is 24.1 Å². The maximum Gasteiger partial charge on any atom is 0.131 e. The smallest absolute Gasteiger partial charge is 0.131 e. The molecule has 0 saturated heterocycles. The van der Waals surface area contributed by atoms with E-state index in [1.54, 1.807) is 12.1 Å². The summed E-state index contributed by atoms with van der Waals surface area (Å²) in [5.41, 5.74) is 8.62. The first kappa shape index (κ1) is 15.0. The van der Waals surface area contributed by atoms with Gasteiger partial charge in [-0.25, -0.2) is 4.39 Å². The number of aryl methyl sites for hydroxylation is 1. The number of nitrogens with zero attached hydrogens (tertiary/aromatic N) is 1. The lowest BCUT2D eigenvalue weighted by Gasteiger charge is -2.15. The van der Waals surface area contributed by atoms with Gasteiger partial charge >= 0.3 is 0 Å². The lowest BCUT2D eigenvalue weighted by Crippen LogP contribution is -2.09. The molecule has 2 aromatic rings. The molecule has 0 radical (unpaired) electrons. The standard InChI is InChI=1S/C17H17FN2O/c1-11-3-6-17(15(7-11)12(2)20)21-10-14-5-4-13(9-19)8-16(14)18/h3-8,12H,10,20H2,1-2H3/t12-/m0/s1. The van der Waals surface area contributed by atoms with Crippen LogP contribution in [-0.4, -0.2) is 0 Å². The summed E-state index contributed by atoms with van der Waals surface area (Å²) in [6.07, 6.45) is 0. The number of hydrogen-bond acceptors (Lipinski definition) is 3. The van der Waals surface area contributed by atoms with Crippen molar-refractivity contribution >= 4 is 0 Å². The highest BCUT2D eigenvalue weighted by molar-refractivity contribution is 5.39. The molecule has 21 heavy (non-hydrogen) atoms. The summed E-state index contributed by atoms with van der Waals surface area (Å²) in [4.78, 5) is 0. The van der Waals surface area contributed by atoms with Crippen molar-refractivity contribution in [3.8, 4) is 11.8 Å². The molecular weight excluding hydrogens is 267 g/mol. The molecule has 0 aromatic heterocycles. The molecule has 3 nitrogen and oxygen atoms in total. The van der Waals surface area contributed by atoms with Gasteiger partial charge < -0.3 is 10.5 Å². The van der Waals surface area contributed by atoms with E-state index >= 15 is 0 Å². The van der Waals surface area contributed by atoms with E-state index in [-0.39, 0.29) is 12.6 Å². The van der Waals surface area contributed by atoms with Crippen LogP contribution in [0.2, 0.25) is 0 Å². The summed E-state index contributed by atoms with van der Waals surface area (Å²) in [6, 6.07) is 11.8. The summed E-state index contributed by atoms with van der Waals surface area (Å²) in [5, 5.41) is 8.72. The van der Waals surface area contributed by atoms with E-state index in [0.29, 0.717) is 16.9 Å². The van der Waals surface area contributed by atoms with E-state index < -0.39 is 5.82 Å². The van der Waals surface area contributed by atoms with Crippen LogP contribution in [0.25, 0.3) is 0 Å². The van der Waals surface area contributed by atoms with Crippen LogP contribution in [0.1, 0.15) is 35.2 Å². The Labute approximate surface area is 123 Å². The predicted molar refractivity (Wildman–Crippen MR) is 79.2 cm³/mol. The van der Waals surface area contributed by atoms with Gasteiger partial charge in [0, 0.05) is 17.2 Å². The number of nitrogens with two attached hydrogens (primary N) is 1. The molecule has 0 fully saturated rings. The number of nitriles is 1. The van der Waals surface area contributed by atoms with Crippen molar-refractivity contribution in [3.63, 3.8) is 0 Å². The largest absolute Gasteiger partial charge is 0.488 e. The van der Waals surface area contributed by atoms with E-state index in [9.17, 15) is 4.39 Å². The lowest BCUT2D eigenvalue weighted by atomic mass is 10.1. The molecule has 0 heterocycles. The van der Waals surface area contributed by atoms with Crippen LogP contribution >= 0.6 is 0 Å². The number of ether oxygens (including phenoxy) is 1. The van der Waals surface area contributed by atoms with Gasteiger partial charge in [0.1, 0.15) is 18.2 Å². The first-order valence-corrected chi connectivity index (χ1v) is 6.68. The highest BCUT2D eigenvalue weighted by atomic mass is 19.1. The third-order valence-corrected chi connectivity index (χ3v) is 3.22. The van der Waals surface area contributed by atoms with Crippen LogP contribution in [0.15, 0.2) is 36.4 Å². The van der Waals surface area contributed by atoms with Gasteiger partial charge in [0.25, 0.3) is 0 Å². The summed E-state index contributed by atoms with van der Waals surface area (Å²) in [7, 11) is 0.